The molecule has 4 aromatic rings. The molecule has 4 rings (SSSR count). The highest BCUT2D eigenvalue weighted by Crippen LogP contribution is 2.39. The standard InChI is InChI=1S/C31H32N2O7/c1-21-26(32-31(40-21)24-13-9-6-10-14-24)20-38-30-27(35-2)17-22(18-28(30)36-3)19-39-33-25(15-16-29(34)37-4)23-11-7-5-8-12-23/h5-14,17-18H,15-16,19-20H2,1-4H3/b33-25+. The molecule has 9 nitrogen and oxygen atoms in total. The number of esters is 1. The second-order valence-electron chi connectivity index (χ2n) is 8.76. The lowest BCUT2D eigenvalue weighted by Gasteiger charge is -2.15. The summed E-state index contributed by atoms with van der Waals surface area (Å²) in [5.41, 5.74) is 3.82. The largest absolute Gasteiger partial charge is 0.493 e. The normalized spacial score (nSPS) is 11.2. The van der Waals surface area contributed by atoms with E-state index in [1.165, 1.54) is 7.11 Å². The summed E-state index contributed by atoms with van der Waals surface area (Å²) >= 11 is 0. The van der Waals surface area contributed by atoms with Crippen molar-refractivity contribution in [2.45, 2.75) is 33.0 Å². The lowest BCUT2D eigenvalue weighted by atomic mass is 10.1. The van der Waals surface area contributed by atoms with Gasteiger partial charge in [-0.15, -0.1) is 0 Å². The molecule has 40 heavy (non-hydrogen) atoms. The minimum atomic E-state index is -0.314. The first kappa shape index (κ1) is 28.2. The molecule has 0 N–H and O–H groups in total. The summed E-state index contributed by atoms with van der Waals surface area (Å²) in [5, 5.41) is 4.32. The summed E-state index contributed by atoms with van der Waals surface area (Å²) < 4.78 is 27.9. The van der Waals surface area contributed by atoms with E-state index in [2.05, 4.69) is 10.1 Å². The number of oxime groups is 1. The molecule has 0 aliphatic heterocycles. The summed E-state index contributed by atoms with van der Waals surface area (Å²) in [6.45, 7) is 2.16. The summed E-state index contributed by atoms with van der Waals surface area (Å²) in [6, 6.07) is 22.8. The Hall–Kier alpha value is -4.79. The van der Waals surface area contributed by atoms with Gasteiger partial charge in [-0.25, -0.2) is 4.98 Å². The maximum Gasteiger partial charge on any atom is 0.305 e. The van der Waals surface area contributed by atoms with Gasteiger partial charge in [0.1, 0.15) is 24.7 Å². The van der Waals surface area contributed by atoms with Crippen LogP contribution in [0, 0.1) is 6.92 Å². The number of carbonyl (C=O) groups excluding carboxylic acids is 1. The van der Waals surface area contributed by atoms with Crippen LogP contribution >= 0.6 is 0 Å². The zero-order valence-electron chi connectivity index (χ0n) is 23.0. The SMILES string of the molecule is COC(=O)CC/C(=N\OCc1cc(OC)c(OCc2nc(-c3ccccc3)oc2C)c(OC)c1)c1ccccc1. The monoisotopic (exact) mass is 544 g/mol. The maximum atomic E-state index is 11.7. The van der Waals surface area contributed by atoms with Crippen LogP contribution in [0.3, 0.4) is 0 Å². The van der Waals surface area contributed by atoms with Crippen molar-refractivity contribution < 1.29 is 33.0 Å². The predicted molar refractivity (Wildman–Crippen MR) is 150 cm³/mol. The number of aromatic nitrogens is 1. The van der Waals surface area contributed by atoms with Gasteiger partial charge in [0.15, 0.2) is 11.5 Å². The van der Waals surface area contributed by atoms with Crippen LogP contribution in [0.15, 0.2) is 82.4 Å². The number of rotatable bonds is 13. The second kappa shape index (κ2) is 13.8. The minimum Gasteiger partial charge on any atom is -0.493 e. The summed E-state index contributed by atoms with van der Waals surface area (Å²) in [6.07, 6.45) is 0.572. The van der Waals surface area contributed by atoms with Crippen molar-refractivity contribution in [3.8, 4) is 28.7 Å². The fraction of sp³-hybridized carbons (Fsp3) is 0.258. The van der Waals surface area contributed by atoms with Gasteiger partial charge in [0, 0.05) is 12.0 Å². The molecule has 3 aromatic carbocycles. The second-order valence-corrected chi connectivity index (χ2v) is 8.76. The van der Waals surface area contributed by atoms with E-state index in [-0.39, 0.29) is 25.6 Å². The van der Waals surface area contributed by atoms with Crippen molar-refractivity contribution in [1.82, 2.24) is 4.98 Å². The lowest BCUT2D eigenvalue weighted by molar-refractivity contribution is -0.140. The van der Waals surface area contributed by atoms with Gasteiger partial charge in [-0.05, 0) is 42.3 Å². The average molecular weight is 545 g/mol. The molecular weight excluding hydrogens is 512 g/mol. The van der Waals surface area contributed by atoms with E-state index in [4.69, 9.17) is 28.2 Å². The maximum absolute atomic E-state index is 11.7. The molecule has 0 radical (unpaired) electrons. The Labute approximate surface area is 233 Å². The molecule has 0 aliphatic rings. The van der Waals surface area contributed by atoms with Gasteiger partial charge < -0.3 is 28.2 Å². The number of aryl methyl sites for hydroxylation is 1. The van der Waals surface area contributed by atoms with Crippen molar-refractivity contribution >= 4 is 11.7 Å². The van der Waals surface area contributed by atoms with Crippen molar-refractivity contribution in [1.29, 1.82) is 0 Å². The first-order chi connectivity index (χ1) is 19.5. The highest BCUT2D eigenvalue weighted by Gasteiger charge is 2.18. The summed E-state index contributed by atoms with van der Waals surface area (Å²) in [7, 11) is 4.47. The highest BCUT2D eigenvalue weighted by atomic mass is 16.6. The number of methoxy groups -OCH3 is 3. The molecular formula is C31H32N2O7. The molecule has 0 bridgehead atoms. The number of hydrogen-bond donors (Lipinski definition) is 0. The number of hydrogen-bond acceptors (Lipinski definition) is 9. The van der Waals surface area contributed by atoms with Crippen molar-refractivity contribution in [2.24, 2.45) is 5.16 Å². The third-order valence-corrected chi connectivity index (χ3v) is 6.09. The van der Waals surface area contributed by atoms with Crippen molar-refractivity contribution in [3.63, 3.8) is 0 Å². The van der Waals surface area contributed by atoms with E-state index < -0.39 is 0 Å². The molecule has 0 atom stereocenters. The number of oxazole rings is 1. The van der Waals surface area contributed by atoms with Crippen LogP contribution in [0.1, 0.15) is 35.4 Å². The van der Waals surface area contributed by atoms with Crippen LogP contribution in [-0.2, 0) is 27.6 Å². The summed E-state index contributed by atoms with van der Waals surface area (Å²) in [4.78, 5) is 22.0. The van der Waals surface area contributed by atoms with E-state index in [1.54, 1.807) is 26.4 Å². The van der Waals surface area contributed by atoms with Gasteiger partial charge in [-0.1, -0.05) is 53.7 Å². The van der Waals surface area contributed by atoms with Crippen LogP contribution in [0.25, 0.3) is 11.5 Å². The Morgan fingerprint density at radius 3 is 2.15 bits per heavy atom. The van der Waals surface area contributed by atoms with Gasteiger partial charge in [0.05, 0.1) is 33.5 Å². The van der Waals surface area contributed by atoms with Crippen molar-refractivity contribution in [3.05, 3.63) is 95.4 Å². The molecule has 1 aromatic heterocycles. The molecule has 0 fully saturated rings. The summed E-state index contributed by atoms with van der Waals surface area (Å²) in [5.74, 6) is 2.27. The lowest BCUT2D eigenvalue weighted by Crippen LogP contribution is -2.08. The molecule has 0 saturated carbocycles. The number of nitrogens with zero attached hydrogens (tertiary/aromatic N) is 2. The number of carbonyl (C=O) groups is 1. The van der Waals surface area contributed by atoms with E-state index in [0.29, 0.717) is 46.7 Å². The van der Waals surface area contributed by atoms with Crippen LogP contribution in [0.2, 0.25) is 0 Å². The third-order valence-electron chi connectivity index (χ3n) is 6.09. The highest BCUT2D eigenvalue weighted by molar-refractivity contribution is 6.01. The fourth-order valence-electron chi connectivity index (χ4n) is 3.95. The van der Waals surface area contributed by atoms with Gasteiger partial charge in [-0.3, -0.25) is 4.79 Å². The fourth-order valence-corrected chi connectivity index (χ4v) is 3.95. The minimum absolute atomic E-state index is 0.143. The van der Waals surface area contributed by atoms with E-state index in [1.807, 2.05) is 67.6 Å². The van der Waals surface area contributed by atoms with Crippen LogP contribution in [0.4, 0.5) is 0 Å². The molecule has 208 valence electrons. The van der Waals surface area contributed by atoms with Gasteiger partial charge in [-0.2, -0.15) is 0 Å². The van der Waals surface area contributed by atoms with Crippen molar-refractivity contribution in [2.75, 3.05) is 21.3 Å². The Bertz CT molecular complexity index is 1410. The zero-order valence-corrected chi connectivity index (χ0v) is 23.0. The van der Waals surface area contributed by atoms with Gasteiger partial charge in [0.25, 0.3) is 0 Å². The quantitative estimate of drug-likeness (QED) is 0.113. The molecule has 9 heteroatoms. The third kappa shape index (κ3) is 7.19. The van der Waals surface area contributed by atoms with Crippen LogP contribution in [0.5, 0.6) is 17.2 Å². The Kier molecular flexibility index (Phi) is 9.77. The zero-order chi connectivity index (χ0) is 28.3. The molecule has 0 saturated heterocycles. The first-order valence-electron chi connectivity index (χ1n) is 12.7. The first-order valence-corrected chi connectivity index (χ1v) is 12.7. The Balaban J connectivity index is 1.48. The van der Waals surface area contributed by atoms with E-state index >= 15 is 0 Å². The molecule has 0 unspecified atom stereocenters. The molecule has 1 heterocycles. The molecule has 0 amide bonds. The van der Waals surface area contributed by atoms with Crippen LogP contribution < -0.4 is 14.2 Å². The number of benzene rings is 3. The predicted octanol–water partition coefficient (Wildman–Crippen LogP) is 6.12. The van der Waals surface area contributed by atoms with E-state index in [0.717, 1.165) is 16.7 Å². The average Bonchev–Trinajstić information content (AvgIpc) is 3.38. The number of ether oxygens (including phenoxy) is 4. The van der Waals surface area contributed by atoms with Crippen LogP contribution in [-0.4, -0.2) is 38.0 Å². The Morgan fingerprint density at radius 1 is 0.875 bits per heavy atom. The molecule has 0 aliphatic carbocycles. The van der Waals surface area contributed by atoms with Gasteiger partial charge >= 0.3 is 5.97 Å². The van der Waals surface area contributed by atoms with E-state index in [9.17, 15) is 4.79 Å². The molecule has 0 spiro atoms. The smallest absolute Gasteiger partial charge is 0.305 e. The van der Waals surface area contributed by atoms with Gasteiger partial charge in [0.2, 0.25) is 11.6 Å². The Morgan fingerprint density at radius 2 is 1.52 bits per heavy atom. The topological polar surface area (TPSA) is 102 Å².